The van der Waals surface area contributed by atoms with Crippen LogP contribution in [-0.2, 0) is 4.79 Å². The van der Waals surface area contributed by atoms with Crippen LogP contribution in [0.1, 0.15) is 12.0 Å². The molecule has 2 aromatic rings. The maximum Gasteiger partial charge on any atom is 0.257 e. The minimum absolute atomic E-state index is 0.0238. The zero-order valence-electron chi connectivity index (χ0n) is 13.0. The fraction of sp³-hybridized carbons (Fsp3) is 0.278. The molecule has 122 valence electrons. The van der Waals surface area contributed by atoms with Gasteiger partial charge in [0.05, 0.1) is 0 Å². The second-order valence-corrected chi connectivity index (χ2v) is 6.23. The SMILES string of the molecule is Cc1ccccc1OCC(=O)NCCCSc1ccc(F)cc1. The Balaban J connectivity index is 1.58. The first-order valence-electron chi connectivity index (χ1n) is 7.48. The molecule has 1 N–H and O–H groups in total. The van der Waals surface area contributed by atoms with E-state index in [0.29, 0.717) is 6.54 Å². The van der Waals surface area contributed by atoms with Gasteiger partial charge in [-0.3, -0.25) is 4.79 Å². The first-order valence-corrected chi connectivity index (χ1v) is 8.47. The number of amides is 1. The van der Waals surface area contributed by atoms with Gasteiger partial charge < -0.3 is 10.1 Å². The van der Waals surface area contributed by atoms with Gasteiger partial charge >= 0.3 is 0 Å². The minimum atomic E-state index is -0.227. The summed E-state index contributed by atoms with van der Waals surface area (Å²) in [6.45, 7) is 2.57. The lowest BCUT2D eigenvalue weighted by Gasteiger charge is -2.09. The second-order valence-electron chi connectivity index (χ2n) is 5.06. The molecule has 0 heterocycles. The van der Waals surface area contributed by atoms with Crippen LogP contribution >= 0.6 is 11.8 Å². The van der Waals surface area contributed by atoms with Crippen LogP contribution in [0.25, 0.3) is 0 Å². The summed E-state index contributed by atoms with van der Waals surface area (Å²) < 4.78 is 18.3. The summed E-state index contributed by atoms with van der Waals surface area (Å²) in [6.07, 6.45) is 0.845. The molecule has 0 aliphatic rings. The van der Waals surface area contributed by atoms with E-state index in [2.05, 4.69) is 5.32 Å². The number of hydrogen-bond donors (Lipinski definition) is 1. The molecule has 0 aromatic heterocycles. The quantitative estimate of drug-likeness (QED) is 0.590. The van der Waals surface area contributed by atoms with Gasteiger partial charge in [0.1, 0.15) is 11.6 Å². The predicted octanol–water partition coefficient (Wildman–Crippen LogP) is 3.81. The molecule has 0 fully saturated rings. The molecular weight excluding hydrogens is 313 g/mol. The molecule has 0 spiro atoms. The van der Waals surface area contributed by atoms with E-state index in [4.69, 9.17) is 4.74 Å². The van der Waals surface area contributed by atoms with Crippen molar-refractivity contribution >= 4 is 17.7 Å². The van der Waals surface area contributed by atoms with Crippen molar-refractivity contribution in [2.45, 2.75) is 18.2 Å². The monoisotopic (exact) mass is 333 g/mol. The molecule has 0 atom stereocenters. The van der Waals surface area contributed by atoms with E-state index in [1.165, 1.54) is 12.1 Å². The van der Waals surface area contributed by atoms with Gasteiger partial charge in [-0.2, -0.15) is 0 Å². The molecule has 0 radical (unpaired) electrons. The van der Waals surface area contributed by atoms with Gasteiger partial charge in [-0.05, 0) is 55.0 Å². The van der Waals surface area contributed by atoms with Crippen molar-refractivity contribution in [3.63, 3.8) is 0 Å². The van der Waals surface area contributed by atoms with E-state index in [-0.39, 0.29) is 18.3 Å². The number of nitrogens with one attached hydrogen (secondary N) is 1. The van der Waals surface area contributed by atoms with Crippen molar-refractivity contribution in [2.75, 3.05) is 18.9 Å². The third-order valence-corrected chi connectivity index (χ3v) is 4.28. The van der Waals surface area contributed by atoms with Crippen LogP contribution in [0.3, 0.4) is 0 Å². The molecule has 2 aromatic carbocycles. The van der Waals surface area contributed by atoms with Gasteiger partial charge in [-0.15, -0.1) is 11.8 Å². The molecular formula is C18H20FNO2S. The van der Waals surface area contributed by atoms with Gasteiger partial charge in [0.15, 0.2) is 6.61 Å². The number of hydrogen-bond acceptors (Lipinski definition) is 3. The van der Waals surface area contributed by atoms with Crippen molar-refractivity contribution in [1.29, 1.82) is 0 Å². The molecule has 0 aliphatic carbocycles. The number of carbonyl (C=O) groups excluding carboxylic acids is 1. The summed E-state index contributed by atoms with van der Waals surface area (Å²) in [5.41, 5.74) is 1.01. The number of halogens is 1. The van der Waals surface area contributed by atoms with Crippen LogP contribution in [0.2, 0.25) is 0 Å². The zero-order valence-corrected chi connectivity index (χ0v) is 13.9. The van der Waals surface area contributed by atoms with E-state index in [1.807, 2.05) is 31.2 Å². The molecule has 1 amide bonds. The smallest absolute Gasteiger partial charge is 0.257 e. The number of para-hydroxylation sites is 1. The van der Waals surface area contributed by atoms with Gasteiger partial charge in [0.2, 0.25) is 0 Å². The topological polar surface area (TPSA) is 38.3 Å². The highest BCUT2D eigenvalue weighted by Crippen LogP contribution is 2.18. The number of thioether (sulfide) groups is 1. The Kier molecular flexibility index (Phi) is 6.94. The number of benzene rings is 2. The summed E-state index contributed by atoms with van der Waals surface area (Å²) in [4.78, 5) is 12.7. The zero-order chi connectivity index (χ0) is 16.5. The molecule has 2 rings (SSSR count). The lowest BCUT2D eigenvalue weighted by atomic mass is 10.2. The van der Waals surface area contributed by atoms with Crippen LogP contribution in [0, 0.1) is 12.7 Å². The summed E-state index contributed by atoms with van der Waals surface area (Å²) >= 11 is 1.64. The number of aryl methyl sites for hydroxylation is 1. The molecule has 0 aliphatic heterocycles. The molecule has 5 heteroatoms. The van der Waals surface area contributed by atoms with Crippen molar-refractivity contribution in [3.8, 4) is 5.75 Å². The molecule has 23 heavy (non-hydrogen) atoms. The van der Waals surface area contributed by atoms with E-state index in [1.54, 1.807) is 23.9 Å². The standard InChI is InChI=1S/C18H20FNO2S/c1-14-5-2-3-6-17(14)22-13-18(21)20-11-4-12-23-16-9-7-15(19)8-10-16/h2-3,5-10H,4,11-13H2,1H3,(H,20,21). The highest BCUT2D eigenvalue weighted by Gasteiger charge is 2.04. The Morgan fingerprint density at radius 2 is 1.91 bits per heavy atom. The van der Waals surface area contributed by atoms with Crippen LogP contribution in [0.15, 0.2) is 53.4 Å². The third kappa shape index (κ3) is 6.32. The summed E-state index contributed by atoms with van der Waals surface area (Å²) in [5, 5.41) is 2.83. The van der Waals surface area contributed by atoms with E-state index < -0.39 is 0 Å². The Hall–Kier alpha value is -2.01. The fourth-order valence-electron chi connectivity index (χ4n) is 1.93. The minimum Gasteiger partial charge on any atom is -0.484 e. The largest absolute Gasteiger partial charge is 0.484 e. The van der Waals surface area contributed by atoms with Crippen LogP contribution in [-0.4, -0.2) is 24.8 Å². The van der Waals surface area contributed by atoms with E-state index in [0.717, 1.165) is 28.4 Å². The van der Waals surface area contributed by atoms with Crippen LogP contribution < -0.4 is 10.1 Å². The van der Waals surface area contributed by atoms with Crippen molar-refractivity contribution in [2.24, 2.45) is 0 Å². The van der Waals surface area contributed by atoms with Crippen molar-refractivity contribution in [3.05, 3.63) is 59.9 Å². The molecule has 0 unspecified atom stereocenters. The molecule has 0 saturated carbocycles. The predicted molar refractivity (Wildman–Crippen MR) is 91.4 cm³/mol. The Labute approximate surface area is 140 Å². The van der Waals surface area contributed by atoms with Crippen LogP contribution in [0.4, 0.5) is 4.39 Å². The highest BCUT2D eigenvalue weighted by molar-refractivity contribution is 7.99. The first-order chi connectivity index (χ1) is 11.1. The summed E-state index contributed by atoms with van der Waals surface area (Å²) in [6, 6.07) is 14.0. The lowest BCUT2D eigenvalue weighted by Crippen LogP contribution is -2.30. The lowest BCUT2D eigenvalue weighted by molar-refractivity contribution is -0.123. The average Bonchev–Trinajstić information content (AvgIpc) is 2.55. The molecule has 0 saturated heterocycles. The molecule has 0 bridgehead atoms. The van der Waals surface area contributed by atoms with E-state index >= 15 is 0 Å². The summed E-state index contributed by atoms with van der Waals surface area (Å²) in [5.74, 6) is 1.25. The fourth-order valence-corrected chi connectivity index (χ4v) is 2.79. The normalized spacial score (nSPS) is 10.3. The average molecular weight is 333 g/mol. The summed E-state index contributed by atoms with van der Waals surface area (Å²) in [7, 11) is 0. The first kappa shape index (κ1) is 17.3. The Morgan fingerprint density at radius 1 is 1.17 bits per heavy atom. The van der Waals surface area contributed by atoms with Gasteiger partial charge in [-0.1, -0.05) is 18.2 Å². The van der Waals surface area contributed by atoms with Crippen molar-refractivity contribution < 1.29 is 13.9 Å². The number of ether oxygens (including phenoxy) is 1. The highest BCUT2D eigenvalue weighted by atomic mass is 32.2. The Bertz CT molecular complexity index is 631. The third-order valence-electron chi connectivity index (χ3n) is 3.18. The second kappa shape index (κ2) is 9.20. The van der Waals surface area contributed by atoms with Crippen molar-refractivity contribution in [1.82, 2.24) is 5.32 Å². The van der Waals surface area contributed by atoms with Gasteiger partial charge in [-0.25, -0.2) is 4.39 Å². The molecule has 3 nitrogen and oxygen atoms in total. The van der Waals surface area contributed by atoms with E-state index in [9.17, 15) is 9.18 Å². The maximum atomic E-state index is 12.8. The Morgan fingerprint density at radius 3 is 2.65 bits per heavy atom. The van der Waals surface area contributed by atoms with Crippen LogP contribution in [0.5, 0.6) is 5.75 Å². The number of rotatable bonds is 8. The van der Waals surface area contributed by atoms with Gasteiger partial charge in [0.25, 0.3) is 5.91 Å². The number of carbonyl (C=O) groups is 1. The van der Waals surface area contributed by atoms with Gasteiger partial charge in [0, 0.05) is 11.4 Å². The maximum absolute atomic E-state index is 12.8.